The van der Waals surface area contributed by atoms with Gasteiger partial charge in [-0.05, 0) is 37.8 Å². The van der Waals surface area contributed by atoms with Crippen molar-refractivity contribution in [1.29, 1.82) is 0 Å². The minimum Gasteiger partial charge on any atom is -0.309 e. The molecule has 1 N–H and O–H groups in total. The molecular weight excluding hydrogens is 264 g/mol. The van der Waals surface area contributed by atoms with E-state index < -0.39 is 0 Å². The molecule has 2 nitrogen and oxygen atoms in total. The molecule has 0 saturated carbocycles. The Morgan fingerprint density at radius 1 is 1.30 bits per heavy atom. The van der Waals surface area contributed by atoms with Gasteiger partial charge in [0.15, 0.2) is 0 Å². The first-order valence-corrected chi connectivity index (χ1v) is 8.59. The van der Waals surface area contributed by atoms with E-state index in [1.807, 2.05) is 11.3 Å². The summed E-state index contributed by atoms with van der Waals surface area (Å²) in [6.07, 6.45) is 1.15. The molecule has 0 bridgehead atoms. The Morgan fingerprint density at radius 3 is 2.50 bits per heavy atom. The Balaban J connectivity index is 2.14. The molecule has 1 fully saturated rings. The van der Waals surface area contributed by atoms with E-state index in [0.717, 1.165) is 26.1 Å². The molecule has 2 rings (SSSR count). The molecule has 0 aliphatic carbocycles. The van der Waals surface area contributed by atoms with Crippen molar-refractivity contribution in [3.05, 3.63) is 21.9 Å². The first kappa shape index (κ1) is 16.0. The van der Waals surface area contributed by atoms with Crippen LogP contribution in [0.3, 0.4) is 0 Å². The molecular formula is C17H30N2S. The fourth-order valence-corrected chi connectivity index (χ4v) is 4.08. The summed E-state index contributed by atoms with van der Waals surface area (Å²) >= 11 is 1.98. The van der Waals surface area contributed by atoms with Crippen molar-refractivity contribution in [2.45, 2.75) is 66.1 Å². The fourth-order valence-electron chi connectivity index (χ4n) is 3.09. The predicted molar refractivity (Wildman–Crippen MR) is 89.4 cm³/mol. The Kier molecular flexibility index (Phi) is 4.63. The van der Waals surface area contributed by atoms with Crippen LogP contribution in [0, 0.1) is 5.41 Å². The zero-order chi connectivity index (χ0) is 15.0. The van der Waals surface area contributed by atoms with E-state index in [2.05, 4.69) is 63.9 Å². The molecule has 1 unspecified atom stereocenters. The van der Waals surface area contributed by atoms with Gasteiger partial charge in [0.05, 0.1) is 0 Å². The number of aryl methyl sites for hydroxylation is 1. The number of piperazine rings is 1. The van der Waals surface area contributed by atoms with Crippen molar-refractivity contribution in [3.63, 3.8) is 0 Å². The maximum atomic E-state index is 3.71. The van der Waals surface area contributed by atoms with Gasteiger partial charge in [-0.25, -0.2) is 0 Å². The zero-order valence-corrected chi connectivity index (χ0v) is 14.7. The van der Waals surface area contributed by atoms with Crippen molar-refractivity contribution < 1.29 is 0 Å². The molecule has 1 aromatic heterocycles. The van der Waals surface area contributed by atoms with E-state index in [1.165, 1.54) is 9.75 Å². The van der Waals surface area contributed by atoms with Crippen LogP contribution < -0.4 is 5.32 Å². The van der Waals surface area contributed by atoms with E-state index >= 15 is 0 Å². The lowest BCUT2D eigenvalue weighted by Crippen LogP contribution is -2.64. The van der Waals surface area contributed by atoms with E-state index in [9.17, 15) is 0 Å². The average molecular weight is 295 g/mol. The molecule has 0 radical (unpaired) electrons. The Hall–Kier alpha value is -0.380. The standard InChI is InChI=1S/C17H30N2S/c1-7-13-8-9-14(20-13)11-19-12-17(5,6)18-10-15(19)16(2,3)4/h8-9,15,18H,7,10-12H2,1-6H3. The molecule has 20 heavy (non-hydrogen) atoms. The van der Waals surface area contributed by atoms with Gasteiger partial charge in [-0.15, -0.1) is 11.3 Å². The second-order valence-electron chi connectivity index (χ2n) is 7.77. The summed E-state index contributed by atoms with van der Waals surface area (Å²) in [5, 5.41) is 3.71. The number of hydrogen-bond acceptors (Lipinski definition) is 3. The molecule has 1 aliphatic rings. The number of nitrogens with one attached hydrogen (secondary N) is 1. The van der Waals surface area contributed by atoms with Crippen LogP contribution in [0.25, 0.3) is 0 Å². The van der Waals surface area contributed by atoms with Gasteiger partial charge in [0.2, 0.25) is 0 Å². The third-order valence-electron chi connectivity index (χ3n) is 4.24. The summed E-state index contributed by atoms with van der Waals surface area (Å²) in [5.41, 5.74) is 0.529. The molecule has 114 valence electrons. The zero-order valence-electron chi connectivity index (χ0n) is 13.9. The van der Waals surface area contributed by atoms with Gasteiger partial charge in [0, 0.05) is 41.0 Å². The summed E-state index contributed by atoms with van der Waals surface area (Å²) < 4.78 is 0. The van der Waals surface area contributed by atoms with Crippen LogP contribution in [-0.4, -0.2) is 29.6 Å². The third kappa shape index (κ3) is 3.84. The fraction of sp³-hybridized carbons (Fsp3) is 0.765. The first-order valence-electron chi connectivity index (χ1n) is 7.78. The number of thiophene rings is 1. The summed E-state index contributed by atoms with van der Waals surface area (Å²) in [6.45, 7) is 17.2. The molecule has 1 aromatic rings. The van der Waals surface area contributed by atoms with E-state index in [0.29, 0.717) is 11.5 Å². The van der Waals surface area contributed by atoms with Crippen molar-refractivity contribution in [2.24, 2.45) is 5.41 Å². The number of hydrogen-bond donors (Lipinski definition) is 1. The maximum absolute atomic E-state index is 3.71. The molecule has 3 heteroatoms. The van der Waals surface area contributed by atoms with E-state index in [1.54, 1.807) is 0 Å². The predicted octanol–water partition coefficient (Wildman–Crippen LogP) is 3.91. The molecule has 2 heterocycles. The molecule has 1 aliphatic heterocycles. The van der Waals surface area contributed by atoms with Crippen LogP contribution in [0.15, 0.2) is 12.1 Å². The Bertz CT molecular complexity index is 442. The SMILES string of the molecule is CCc1ccc(CN2CC(C)(C)NCC2C(C)(C)C)s1. The van der Waals surface area contributed by atoms with Gasteiger partial charge < -0.3 is 5.32 Å². The number of nitrogens with zero attached hydrogens (tertiary/aromatic N) is 1. The summed E-state index contributed by atoms with van der Waals surface area (Å²) in [5.74, 6) is 0. The highest BCUT2D eigenvalue weighted by Gasteiger charge is 2.38. The minimum atomic E-state index is 0.215. The van der Waals surface area contributed by atoms with Gasteiger partial charge in [0.25, 0.3) is 0 Å². The molecule has 0 spiro atoms. The monoisotopic (exact) mass is 294 g/mol. The highest BCUT2D eigenvalue weighted by atomic mass is 32.1. The van der Waals surface area contributed by atoms with E-state index in [4.69, 9.17) is 0 Å². The minimum absolute atomic E-state index is 0.215. The first-order chi connectivity index (χ1) is 9.21. The topological polar surface area (TPSA) is 15.3 Å². The van der Waals surface area contributed by atoms with Gasteiger partial charge in [-0.1, -0.05) is 27.7 Å². The Labute approximate surface area is 128 Å². The highest BCUT2D eigenvalue weighted by Crippen LogP contribution is 2.31. The van der Waals surface area contributed by atoms with Crippen molar-refractivity contribution in [1.82, 2.24) is 10.2 Å². The molecule has 0 amide bonds. The van der Waals surface area contributed by atoms with Crippen LogP contribution in [0.2, 0.25) is 0 Å². The van der Waals surface area contributed by atoms with Gasteiger partial charge in [-0.2, -0.15) is 0 Å². The van der Waals surface area contributed by atoms with Gasteiger partial charge >= 0.3 is 0 Å². The molecule has 1 atom stereocenters. The lowest BCUT2D eigenvalue weighted by molar-refractivity contribution is 0.0279. The quantitative estimate of drug-likeness (QED) is 0.909. The van der Waals surface area contributed by atoms with Crippen LogP contribution in [0.4, 0.5) is 0 Å². The van der Waals surface area contributed by atoms with Crippen molar-refractivity contribution in [2.75, 3.05) is 13.1 Å². The summed E-state index contributed by atoms with van der Waals surface area (Å²) in [4.78, 5) is 5.69. The van der Waals surface area contributed by atoms with Crippen molar-refractivity contribution >= 4 is 11.3 Å². The second-order valence-corrected chi connectivity index (χ2v) is 9.03. The van der Waals surface area contributed by atoms with Gasteiger partial charge in [-0.3, -0.25) is 4.90 Å². The lowest BCUT2D eigenvalue weighted by atomic mass is 9.82. The van der Waals surface area contributed by atoms with Crippen LogP contribution >= 0.6 is 11.3 Å². The van der Waals surface area contributed by atoms with E-state index in [-0.39, 0.29) is 5.54 Å². The summed E-state index contributed by atoms with van der Waals surface area (Å²) in [7, 11) is 0. The second kappa shape index (κ2) is 5.78. The normalized spacial score (nSPS) is 24.0. The van der Waals surface area contributed by atoms with Crippen LogP contribution in [0.1, 0.15) is 51.3 Å². The number of rotatable bonds is 3. The van der Waals surface area contributed by atoms with Crippen molar-refractivity contribution in [3.8, 4) is 0 Å². The highest BCUT2D eigenvalue weighted by molar-refractivity contribution is 7.11. The van der Waals surface area contributed by atoms with Crippen LogP contribution in [-0.2, 0) is 13.0 Å². The molecule has 1 saturated heterocycles. The maximum Gasteiger partial charge on any atom is 0.0332 e. The summed E-state index contributed by atoms with van der Waals surface area (Å²) in [6, 6.07) is 5.21. The average Bonchev–Trinajstić information content (AvgIpc) is 2.73. The third-order valence-corrected chi connectivity index (χ3v) is 5.45. The Morgan fingerprint density at radius 2 is 1.95 bits per heavy atom. The largest absolute Gasteiger partial charge is 0.309 e. The molecule has 0 aromatic carbocycles. The van der Waals surface area contributed by atoms with Crippen LogP contribution in [0.5, 0.6) is 0 Å². The lowest BCUT2D eigenvalue weighted by Gasteiger charge is -2.49. The van der Waals surface area contributed by atoms with Gasteiger partial charge in [0.1, 0.15) is 0 Å². The smallest absolute Gasteiger partial charge is 0.0332 e.